The number of piperidine rings is 2. The summed E-state index contributed by atoms with van der Waals surface area (Å²) >= 11 is 0. The van der Waals surface area contributed by atoms with Gasteiger partial charge in [0, 0.05) is 0 Å². The molecule has 46 heavy (non-hydrogen) atoms. The molecular formula is C34H48Cl2N2O8. The lowest BCUT2D eigenvalue weighted by Crippen LogP contribution is -3.00. The molecule has 4 aliphatic rings. The van der Waals surface area contributed by atoms with Crippen molar-refractivity contribution in [2.75, 3.05) is 53.6 Å². The third-order valence-electron chi connectivity index (χ3n) is 9.24. The molecule has 0 radical (unpaired) electrons. The number of benzene rings is 2. The lowest BCUT2D eigenvalue weighted by atomic mass is 9.91. The van der Waals surface area contributed by atoms with Crippen molar-refractivity contribution in [2.24, 2.45) is 0 Å². The summed E-state index contributed by atoms with van der Waals surface area (Å²) < 4.78 is 33.3. The van der Waals surface area contributed by atoms with Crippen molar-refractivity contribution in [3.8, 4) is 11.5 Å². The van der Waals surface area contributed by atoms with Crippen LogP contribution < -0.4 is 44.9 Å². The molecule has 4 atom stereocenters. The van der Waals surface area contributed by atoms with E-state index in [1.165, 1.54) is 25.9 Å². The van der Waals surface area contributed by atoms with E-state index in [2.05, 4.69) is 10.6 Å². The van der Waals surface area contributed by atoms with Gasteiger partial charge in [0.15, 0.2) is 0 Å². The molecule has 4 heterocycles. The first-order valence-corrected chi connectivity index (χ1v) is 16.0. The third kappa shape index (κ3) is 10.2. The average molecular weight is 684 g/mol. The molecule has 4 N–H and O–H groups in total. The minimum atomic E-state index is -0.303. The van der Waals surface area contributed by atoms with Gasteiger partial charge in [-0.25, -0.2) is 9.59 Å². The van der Waals surface area contributed by atoms with Gasteiger partial charge in [0.25, 0.3) is 0 Å². The molecule has 6 rings (SSSR count). The quantitative estimate of drug-likeness (QED) is 0.273. The van der Waals surface area contributed by atoms with E-state index in [0.29, 0.717) is 24.3 Å². The fraction of sp³-hybridized carbons (Fsp3) is 0.588. The molecule has 0 aromatic heterocycles. The Morgan fingerprint density at radius 1 is 0.674 bits per heavy atom. The van der Waals surface area contributed by atoms with Crippen LogP contribution in [0.2, 0.25) is 0 Å². The Morgan fingerprint density at radius 2 is 1.07 bits per heavy atom. The van der Waals surface area contributed by atoms with E-state index in [4.69, 9.17) is 28.4 Å². The summed E-state index contributed by atoms with van der Waals surface area (Å²) in [5, 5.41) is 4.66. The zero-order valence-corrected chi connectivity index (χ0v) is 28.4. The van der Waals surface area contributed by atoms with Crippen molar-refractivity contribution >= 4 is 11.9 Å². The number of hydrogen-bond donors (Lipinski definition) is 2. The number of esters is 2. The van der Waals surface area contributed by atoms with Gasteiger partial charge >= 0.3 is 11.9 Å². The van der Waals surface area contributed by atoms with E-state index in [1.807, 2.05) is 0 Å². The second-order valence-corrected chi connectivity index (χ2v) is 12.3. The van der Waals surface area contributed by atoms with Crippen LogP contribution in [0.5, 0.6) is 11.5 Å². The van der Waals surface area contributed by atoms with Gasteiger partial charge in [0.05, 0.1) is 50.6 Å². The van der Waals surface area contributed by atoms with E-state index in [9.17, 15) is 9.59 Å². The Hall–Kier alpha value is -2.60. The van der Waals surface area contributed by atoms with Gasteiger partial charge in [-0.1, -0.05) is 0 Å². The minimum absolute atomic E-state index is 0. The molecule has 0 unspecified atom stereocenters. The van der Waals surface area contributed by atoms with Crippen molar-refractivity contribution in [3.63, 3.8) is 0 Å². The molecular weight excluding hydrogens is 635 g/mol. The maximum Gasteiger partial charge on any atom is 0.338 e. The second kappa shape index (κ2) is 18.1. The number of nitrogens with two attached hydrogens (primary N) is 2. The van der Waals surface area contributed by atoms with Crippen LogP contribution >= 0.6 is 0 Å². The predicted molar refractivity (Wildman–Crippen MR) is 162 cm³/mol. The number of methoxy groups -OCH3 is 2. The zero-order chi connectivity index (χ0) is 30.8. The van der Waals surface area contributed by atoms with Crippen molar-refractivity contribution in [3.05, 3.63) is 59.7 Å². The monoisotopic (exact) mass is 682 g/mol. The topological polar surface area (TPSA) is 123 Å². The first-order valence-electron chi connectivity index (χ1n) is 16.0. The number of carbonyl (C=O) groups excluding carboxylic acids is 2. The van der Waals surface area contributed by atoms with Crippen LogP contribution in [-0.2, 0) is 18.9 Å². The molecule has 4 saturated heterocycles. The van der Waals surface area contributed by atoms with Gasteiger partial charge in [0.2, 0.25) is 0 Å². The molecule has 4 fully saturated rings. The molecule has 2 aromatic rings. The summed E-state index contributed by atoms with van der Waals surface area (Å²) in [6.07, 6.45) is 8.85. The first-order chi connectivity index (χ1) is 21.4. The molecule has 0 bridgehead atoms. The summed E-state index contributed by atoms with van der Waals surface area (Å²) in [6, 6.07) is 13.9. The summed E-state index contributed by atoms with van der Waals surface area (Å²) in [6.45, 7) is 5.15. The van der Waals surface area contributed by atoms with Crippen LogP contribution in [0.4, 0.5) is 0 Å². The number of rotatable bonds is 8. The van der Waals surface area contributed by atoms with Crippen molar-refractivity contribution in [1.82, 2.24) is 0 Å². The Morgan fingerprint density at radius 3 is 1.39 bits per heavy atom. The molecule has 2 spiro atoms. The number of halogens is 2. The maximum atomic E-state index is 12.0. The number of hydrogen-bond acceptors (Lipinski definition) is 8. The number of quaternary nitrogens is 2. The van der Waals surface area contributed by atoms with Crippen LogP contribution in [-0.4, -0.2) is 89.0 Å². The van der Waals surface area contributed by atoms with Crippen LogP contribution in [0.25, 0.3) is 0 Å². The van der Waals surface area contributed by atoms with Crippen LogP contribution in [0.1, 0.15) is 72.1 Å². The van der Waals surface area contributed by atoms with Crippen molar-refractivity contribution in [1.29, 1.82) is 0 Å². The average Bonchev–Trinajstić information content (AvgIpc) is 3.66. The number of carbonyl (C=O) groups is 2. The van der Waals surface area contributed by atoms with E-state index in [-0.39, 0.29) is 60.2 Å². The molecule has 0 saturated carbocycles. The van der Waals surface area contributed by atoms with E-state index >= 15 is 0 Å². The standard InChI is InChI=1S/2C17H23NO4.2ClH/c2*1-20-14-5-3-13(4-6-14)16(19)21-11-15-7-9-17(22-15)8-2-10-18-12-17;;/h2*3-6,15,18H,2,7-12H2,1H3;2*1H/t2*15-,17-;;/m10../s1. The Balaban J connectivity index is 0.000000240. The molecule has 10 nitrogen and oxygen atoms in total. The minimum Gasteiger partial charge on any atom is -1.00 e. The predicted octanol–water partition coefficient (Wildman–Crippen LogP) is -3.74. The first kappa shape index (κ1) is 37.9. The Labute approximate surface area is 284 Å². The van der Waals surface area contributed by atoms with Gasteiger partial charge in [-0.05, 0) is 99.9 Å². The van der Waals surface area contributed by atoms with E-state index in [0.717, 1.165) is 63.1 Å². The Bertz CT molecular complexity index is 1120. The van der Waals surface area contributed by atoms with E-state index < -0.39 is 0 Å². The highest BCUT2D eigenvalue weighted by Gasteiger charge is 2.44. The summed E-state index contributed by atoms with van der Waals surface area (Å²) in [5.74, 6) is 0.849. The maximum absolute atomic E-state index is 12.0. The molecule has 256 valence electrons. The molecule has 4 aliphatic heterocycles. The normalized spacial score (nSPS) is 26.6. The summed E-state index contributed by atoms with van der Waals surface area (Å²) in [5.41, 5.74) is 1.13. The molecule has 2 aromatic carbocycles. The third-order valence-corrected chi connectivity index (χ3v) is 9.24. The summed E-state index contributed by atoms with van der Waals surface area (Å²) in [4.78, 5) is 24.1. The highest BCUT2D eigenvalue weighted by molar-refractivity contribution is 5.90. The summed E-state index contributed by atoms with van der Waals surface area (Å²) in [7, 11) is 3.20. The van der Waals surface area contributed by atoms with Gasteiger partial charge < -0.3 is 63.9 Å². The van der Waals surface area contributed by atoms with Gasteiger partial charge in [-0.3, -0.25) is 0 Å². The van der Waals surface area contributed by atoms with Crippen LogP contribution in [0, 0.1) is 0 Å². The van der Waals surface area contributed by atoms with Crippen molar-refractivity contribution < 1.29 is 73.5 Å². The largest absolute Gasteiger partial charge is 1.00 e. The second-order valence-electron chi connectivity index (χ2n) is 12.3. The highest BCUT2D eigenvalue weighted by atomic mass is 35.5. The fourth-order valence-corrected chi connectivity index (χ4v) is 6.72. The van der Waals surface area contributed by atoms with Gasteiger partial charge in [0.1, 0.15) is 49.0 Å². The van der Waals surface area contributed by atoms with Crippen molar-refractivity contribution in [2.45, 2.75) is 74.8 Å². The molecule has 12 heteroatoms. The smallest absolute Gasteiger partial charge is 0.338 e. The van der Waals surface area contributed by atoms with Gasteiger partial charge in [-0.2, -0.15) is 0 Å². The highest BCUT2D eigenvalue weighted by Crippen LogP contribution is 2.35. The van der Waals surface area contributed by atoms with E-state index in [1.54, 1.807) is 62.8 Å². The zero-order valence-electron chi connectivity index (χ0n) is 26.8. The molecule has 0 aliphatic carbocycles. The van der Waals surface area contributed by atoms with Crippen LogP contribution in [0.15, 0.2) is 48.5 Å². The van der Waals surface area contributed by atoms with Crippen LogP contribution in [0.3, 0.4) is 0 Å². The lowest BCUT2D eigenvalue weighted by Gasteiger charge is -2.31. The lowest BCUT2D eigenvalue weighted by molar-refractivity contribution is -0.677. The van der Waals surface area contributed by atoms with Gasteiger partial charge in [-0.15, -0.1) is 0 Å². The fourth-order valence-electron chi connectivity index (χ4n) is 6.72. The Kier molecular flexibility index (Phi) is 14.9. The SMILES string of the molecule is COc1ccc(C(=O)OC[C@@H]2CC[C@]3(CCC[NH2+]C3)O2)cc1.COc1ccc(C(=O)OC[C@H]2CC[C@@]3(CCC[NH2+]C3)O2)cc1.[Cl-].[Cl-]. The molecule has 0 amide bonds. The number of ether oxygens (including phenoxy) is 6.